The van der Waals surface area contributed by atoms with E-state index in [9.17, 15) is 0 Å². The number of rotatable bonds is 2. The van der Waals surface area contributed by atoms with Crippen molar-refractivity contribution in [2.75, 3.05) is 5.73 Å². The number of nitrogen functional groups attached to an aromatic ring is 1. The Morgan fingerprint density at radius 3 is 2.60 bits per heavy atom. The second-order valence-electron chi connectivity index (χ2n) is 3.66. The van der Waals surface area contributed by atoms with Crippen LogP contribution in [0.3, 0.4) is 0 Å². The molecule has 0 spiro atoms. The number of thiazole rings is 1. The molecule has 0 saturated carbocycles. The Kier molecular flexibility index (Phi) is 2.73. The minimum Gasteiger partial charge on any atom is -0.375 e. The molecule has 0 radical (unpaired) electrons. The average molecular weight is 218 g/mol. The van der Waals surface area contributed by atoms with Crippen molar-refractivity contribution in [1.82, 2.24) is 4.98 Å². The van der Waals surface area contributed by atoms with E-state index in [1.165, 1.54) is 16.0 Å². The van der Waals surface area contributed by atoms with E-state index >= 15 is 0 Å². The molecular weight excluding hydrogens is 204 g/mol. The second kappa shape index (κ2) is 4.03. The van der Waals surface area contributed by atoms with Gasteiger partial charge in [-0.15, -0.1) is 11.3 Å². The molecule has 0 fully saturated rings. The molecule has 2 rings (SSSR count). The Morgan fingerprint density at radius 2 is 2.00 bits per heavy atom. The van der Waals surface area contributed by atoms with E-state index in [2.05, 4.69) is 36.2 Å². The van der Waals surface area contributed by atoms with Gasteiger partial charge in [0, 0.05) is 11.3 Å². The molecule has 78 valence electrons. The number of nitrogens with two attached hydrogens (primary N) is 1. The highest BCUT2D eigenvalue weighted by Gasteiger charge is 2.07. The van der Waals surface area contributed by atoms with Gasteiger partial charge in [0.15, 0.2) is 5.13 Å². The van der Waals surface area contributed by atoms with Crippen molar-refractivity contribution in [3.8, 4) is 0 Å². The van der Waals surface area contributed by atoms with Gasteiger partial charge in [0.25, 0.3) is 0 Å². The molecule has 0 aliphatic heterocycles. The first kappa shape index (κ1) is 10.2. The fourth-order valence-corrected chi connectivity index (χ4v) is 2.45. The van der Waals surface area contributed by atoms with E-state index in [0.717, 1.165) is 12.1 Å². The fraction of sp³-hybridized carbons (Fsp3) is 0.250. The summed E-state index contributed by atoms with van der Waals surface area (Å²) in [5, 5.41) is 0.663. The molecule has 3 heteroatoms. The van der Waals surface area contributed by atoms with Gasteiger partial charge in [0.05, 0.1) is 5.69 Å². The molecule has 2 N–H and O–H groups in total. The van der Waals surface area contributed by atoms with Crippen LogP contribution in [0.1, 0.15) is 21.7 Å². The molecule has 0 bridgehead atoms. The van der Waals surface area contributed by atoms with E-state index in [1.54, 1.807) is 11.3 Å². The zero-order valence-corrected chi connectivity index (χ0v) is 9.77. The third-order valence-corrected chi connectivity index (χ3v) is 3.51. The molecule has 15 heavy (non-hydrogen) atoms. The van der Waals surface area contributed by atoms with Gasteiger partial charge in [0.2, 0.25) is 0 Å². The third kappa shape index (κ3) is 2.18. The Morgan fingerprint density at radius 1 is 1.27 bits per heavy atom. The predicted molar refractivity (Wildman–Crippen MR) is 65.2 cm³/mol. The number of aryl methyl sites for hydroxylation is 2. The standard InChI is InChI=1S/C12H14N2S/c1-8-5-3-4-6-10(8)7-11-9(2)14-12(13)15-11/h3-6H,7H2,1-2H3,(H2,13,14). The topological polar surface area (TPSA) is 38.9 Å². The highest BCUT2D eigenvalue weighted by molar-refractivity contribution is 7.15. The summed E-state index contributed by atoms with van der Waals surface area (Å²) < 4.78 is 0. The maximum absolute atomic E-state index is 5.68. The summed E-state index contributed by atoms with van der Waals surface area (Å²) in [4.78, 5) is 5.50. The maximum atomic E-state index is 5.68. The Balaban J connectivity index is 2.29. The van der Waals surface area contributed by atoms with Crippen LogP contribution in [0.2, 0.25) is 0 Å². The van der Waals surface area contributed by atoms with Crippen LogP contribution in [0.4, 0.5) is 5.13 Å². The minimum atomic E-state index is 0.663. The molecule has 0 atom stereocenters. The number of aromatic nitrogens is 1. The number of benzene rings is 1. The van der Waals surface area contributed by atoms with Crippen LogP contribution < -0.4 is 5.73 Å². The summed E-state index contributed by atoms with van der Waals surface area (Å²) in [5.74, 6) is 0. The Hall–Kier alpha value is -1.35. The number of nitrogens with zero attached hydrogens (tertiary/aromatic N) is 1. The van der Waals surface area contributed by atoms with Gasteiger partial charge >= 0.3 is 0 Å². The molecule has 1 aromatic carbocycles. The smallest absolute Gasteiger partial charge is 0.180 e. The summed E-state index contributed by atoms with van der Waals surface area (Å²) >= 11 is 1.58. The number of hydrogen-bond donors (Lipinski definition) is 1. The molecule has 0 aliphatic rings. The van der Waals surface area contributed by atoms with Crippen LogP contribution in [0, 0.1) is 13.8 Å². The van der Waals surface area contributed by atoms with Gasteiger partial charge in [-0.2, -0.15) is 0 Å². The van der Waals surface area contributed by atoms with E-state index < -0.39 is 0 Å². The molecule has 2 aromatic rings. The molecule has 0 unspecified atom stereocenters. The minimum absolute atomic E-state index is 0.663. The average Bonchev–Trinajstić information content (AvgIpc) is 2.49. The summed E-state index contributed by atoms with van der Waals surface area (Å²) in [7, 11) is 0. The van der Waals surface area contributed by atoms with E-state index in [-0.39, 0.29) is 0 Å². The van der Waals surface area contributed by atoms with Crippen LogP contribution in [-0.2, 0) is 6.42 Å². The monoisotopic (exact) mass is 218 g/mol. The van der Waals surface area contributed by atoms with Gasteiger partial charge in [-0.3, -0.25) is 0 Å². The quantitative estimate of drug-likeness (QED) is 0.841. The highest BCUT2D eigenvalue weighted by Crippen LogP contribution is 2.23. The Bertz CT molecular complexity index is 474. The highest BCUT2D eigenvalue weighted by atomic mass is 32.1. The SMILES string of the molecule is Cc1ccccc1Cc1sc(N)nc1C. The van der Waals surface area contributed by atoms with Crippen molar-refractivity contribution < 1.29 is 0 Å². The first-order chi connectivity index (χ1) is 7.16. The molecule has 1 aromatic heterocycles. The molecule has 1 heterocycles. The molecule has 0 amide bonds. The lowest BCUT2D eigenvalue weighted by Gasteiger charge is -2.03. The van der Waals surface area contributed by atoms with Crippen LogP contribution >= 0.6 is 11.3 Å². The van der Waals surface area contributed by atoms with Gasteiger partial charge in [-0.25, -0.2) is 4.98 Å². The predicted octanol–water partition coefficient (Wildman–Crippen LogP) is 2.93. The van der Waals surface area contributed by atoms with Gasteiger partial charge in [0.1, 0.15) is 0 Å². The normalized spacial score (nSPS) is 10.5. The van der Waals surface area contributed by atoms with Gasteiger partial charge in [-0.05, 0) is 25.0 Å². The summed E-state index contributed by atoms with van der Waals surface area (Å²) in [6.07, 6.45) is 0.938. The third-order valence-electron chi connectivity index (χ3n) is 2.52. The number of hydrogen-bond acceptors (Lipinski definition) is 3. The van der Waals surface area contributed by atoms with E-state index in [1.807, 2.05) is 6.92 Å². The van der Waals surface area contributed by atoms with Crippen molar-refractivity contribution in [2.45, 2.75) is 20.3 Å². The first-order valence-electron chi connectivity index (χ1n) is 4.93. The van der Waals surface area contributed by atoms with Crippen LogP contribution in [0.5, 0.6) is 0 Å². The maximum Gasteiger partial charge on any atom is 0.180 e. The molecule has 2 nitrogen and oxygen atoms in total. The zero-order chi connectivity index (χ0) is 10.8. The zero-order valence-electron chi connectivity index (χ0n) is 8.95. The summed E-state index contributed by atoms with van der Waals surface area (Å²) in [6, 6.07) is 8.43. The second-order valence-corrected chi connectivity index (χ2v) is 4.78. The van der Waals surface area contributed by atoms with Gasteiger partial charge < -0.3 is 5.73 Å². The fourth-order valence-electron chi connectivity index (χ4n) is 1.60. The lowest BCUT2D eigenvalue weighted by molar-refractivity contribution is 1.13. The van der Waals surface area contributed by atoms with Crippen molar-refractivity contribution in [3.63, 3.8) is 0 Å². The van der Waals surface area contributed by atoms with Crippen molar-refractivity contribution in [3.05, 3.63) is 46.0 Å². The lowest BCUT2D eigenvalue weighted by atomic mass is 10.0. The lowest BCUT2D eigenvalue weighted by Crippen LogP contribution is -1.90. The van der Waals surface area contributed by atoms with Gasteiger partial charge in [-0.1, -0.05) is 24.3 Å². The van der Waals surface area contributed by atoms with Crippen LogP contribution in [0.15, 0.2) is 24.3 Å². The van der Waals surface area contributed by atoms with E-state index in [4.69, 9.17) is 5.73 Å². The van der Waals surface area contributed by atoms with Crippen molar-refractivity contribution in [2.24, 2.45) is 0 Å². The van der Waals surface area contributed by atoms with Crippen molar-refractivity contribution >= 4 is 16.5 Å². The molecular formula is C12H14N2S. The van der Waals surface area contributed by atoms with Crippen LogP contribution in [-0.4, -0.2) is 4.98 Å². The number of anilines is 1. The first-order valence-corrected chi connectivity index (χ1v) is 5.75. The molecule has 0 saturated heterocycles. The Labute approximate surface area is 93.8 Å². The van der Waals surface area contributed by atoms with E-state index in [0.29, 0.717) is 5.13 Å². The van der Waals surface area contributed by atoms with Crippen LogP contribution in [0.25, 0.3) is 0 Å². The van der Waals surface area contributed by atoms with Crippen molar-refractivity contribution in [1.29, 1.82) is 0 Å². The largest absolute Gasteiger partial charge is 0.375 e. The summed E-state index contributed by atoms with van der Waals surface area (Å²) in [6.45, 7) is 4.15. The summed E-state index contributed by atoms with van der Waals surface area (Å²) in [5.41, 5.74) is 9.41. The molecule has 0 aliphatic carbocycles.